The second-order valence-electron chi connectivity index (χ2n) is 7.78. The van der Waals surface area contributed by atoms with E-state index in [0.29, 0.717) is 28.2 Å². The number of esters is 1. The number of rotatable bonds is 6. The number of ether oxygens (including phenoxy) is 1. The van der Waals surface area contributed by atoms with Crippen molar-refractivity contribution in [3.05, 3.63) is 53.3 Å². The SMILES string of the molecule is Cc1ccc(NC(=O)COC(=O)c2cc(C3CC3)nc3c2cnn3C(C)C)cc1. The largest absolute Gasteiger partial charge is 0.452 e. The first kappa shape index (κ1) is 19.1. The van der Waals surface area contributed by atoms with Gasteiger partial charge in [-0.15, -0.1) is 0 Å². The summed E-state index contributed by atoms with van der Waals surface area (Å²) in [7, 11) is 0. The van der Waals surface area contributed by atoms with E-state index in [1.165, 1.54) is 0 Å². The lowest BCUT2D eigenvalue weighted by atomic mass is 10.1. The summed E-state index contributed by atoms with van der Waals surface area (Å²) in [6.45, 7) is 5.66. The van der Waals surface area contributed by atoms with Crippen molar-refractivity contribution in [2.45, 2.75) is 45.6 Å². The highest BCUT2D eigenvalue weighted by molar-refractivity contribution is 6.03. The van der Waals surface area contributed by atoms with Gasteiger partial charge in [-0.3, -0.25) is 4.79 Å². The highest BCUT2D eigenvalue weighted by atomic mass is 16.5. The molecule has 7 nitrogen and oxygen atoms in total. The van der Waals surface area contributed by atoms with Crippen LogP contribution in [-0.4, -0.2) is 33.2 Å². The number of fused-ring (bicyclic) bond motifs is 1. The Morgan fingerprint density at radius 1 is 1.24 bits per heavy atom. The number of benzene rings is 1. The number of hydrogen-bond acceptors (Lipinski definition) is 5. The van der Waals surface area contributed by atoms with Crippen LogP contribution in [0.2, 0.25) is 0 Å². The highest BCUT2D eigenvalue weighted by Gasteiger charge is 2.28. The lowest BCUT2D eigenvalue weighted by molar-refractivity contribution is -0.119. The molecule has 0 spiro atoms. The summed E-state index contributed by atoms with van der Waals surface area (Å²) in [6.07, 6.45) is 3.78. The van der Waals surface area contributed by atoms with Gasteiger partial charge in [0.05, 0.1) is 17.1 Å². The number of anilines is 1. The molecule has 0 unspecified atom stereocenters. The molecule has 1 saturated carbocycles. The van der Waals surface area contributed by atoms with Crippen molar-refractivity contribution in [1.29, 1.82) is 0 Å². The first-order chi connectivity index (χ1) is 13.9. The summed E-state index contributed by atoms with van der Waals surface area (Å²) in [5, 5.41) is 7.76. The predicted molar refractivity (Wildman–Crippen MR) is 110 cm³/mol. The third-order valence-electron chi connectivity index (χ3n) is 4.96. The van der Waals surface area contributed by atoms with Crippen molar-refractivity contribution >= 4 is 28.6 Å². The Bertz CT molecular complexity index is 1070. The summed E-state index contributed by atoms with van der Waals surface area (Å²) < 4.78 is 7.11. The van der Waals surface area contributed by atoms with E-state index in [2.05, 4.69) is 10.4 Å². The van der Waals surface area contributed by atoms with Crippen molar-refractivity contribution in [2.24, 2.45) is 0 Å². The van der Waals surface area contributed by atoms with Crippen LogP contribution >= 0.6 is 0 Å². The molecule has 4 rings (SSSR count). The molecule has 1 aliphatic rings. The molecule has 0 radical (unpaired) electrons. The third kappa shape index (κ3) is 4.13. The second-order valence-corrected chi connectivity index (χ2v) is 7.78. The molecule has 1 amide bonds. The molecule has 0 saturated heterocycles. The molecular formula is C22H24N4O3. The van der Waals surface area contributed by atoms with E-state index in [0.717, 1.165) is 24.1 Å². The van der Waals surface area contributed by atoms with Crippen LogP contribution in [0.25, 0.3) is 11.0 Å². The van der Waals surface area contributed by atoms with Gasteiger partial charge in [-0.25, -0.2) is 14.5 Å². The maximum Gasteiger partial charge on any atom is 0.339 e. The van der Waals surface area contributed by atoms with E-state index < -0.39 is 5.97 Å². The maximum absolute atomic E-state index is 12.8. The quantitative estimate of drug-likeness (QED) is 0.641. The highest BCUT2D eigenvalue weighted by Crippen LogP contribution is 2.40. The monoisotopic (exact) mass is 392 g/mol. The molecule has 150 valence electrons. The molecule has 0 aliphatic heterocycles. The van der Waals surface area contributed by atoms with Gasteiger partial charge in [-0.05, 0) is 51.8 Å². The molecule has 2 heterocycles. The van der Waals surface area contributed by atoms with Crippen molar-refractivity contribution in [1.82, 2.24) is 14.8 Å². The fourth-order valence-electron chi connectivity index (χ4n) is 3.22. The molecule has 2 aromatic heterocycles. The van der Waals surface area contributed by atoms with Crippen LogP contribution in [0.1, 0.15) is 60.3 Å². The van der Waals surface area contributed by atoms with Gasteiger partial charge in [-0.1, -0.05) is 17.7 Å². The van der Waals surface area contributed by atoms with Crippen molar-refractivity contribution in [3.8, 4) is 0 Å². The van der Waals surface area contributed by atoms with Crippen LogP contribution in [0.15, 0.2) is 36.5 Å². The number of hydrogen-bond donors (Lipinski definition) is 1. The Labute approximate surface area is 169 Å². The Morgan fingerprint density at radius 3 is 2.62 bits per heavy atom. The number of carbonyl (C=O) groups excluding carboxylic acids is 2. The zero-order chi connectivity index (χ0) is 20.5. The zero-order valence-electron chi connectivity index (χ0n) is 16.8. The summed E-state index contributed by atoms with van der Waals surface area (Å²) in [5.41, 5.74) is 3.74. The van der Waals surface area contributed by atoms with Crippen molar-refractivity contribution in [3.63, 3.8) is 0 Å². The number of aromatic nitrogens is 3. The molecule has 7 heteroatoms. The number of nitrogens with zero attached hydrogens (tertiary/aromatic N) is 3. The zero-order valence-corrected chi connectivity index (χ0v) is 16.8. The molecule has 1 aromatic carbocycles. The van der Waals surface area contributed by atoms with E-state index >= 15 is 0 Å². The Hall–Kier alpha value is -3.22. The normalized spacial score (nSPS) is 13.7. The van der Waals surface area contributed by atoms with Crippen LogP contribution < -0.4 is 5.32 Å². The van der Waals surface area contributed by atoms with Crippen LogP contribution in [-0.2, 0) is 9.53 Å². The molecule has 1 aliphatic carbocycles. The smallest absolute Gasteiger partial charge is 0.339 e. The average Bonchev–Trinajstić information content (AvgIpc) is 3.46. The minimum atomic E-state index is -0.540. The summed E-state index contributed by atoms with van der Waals surface area (Å²) >= 11 is 0. The van der Waals surface area contributed by atoms with Crippen molar-refractivity contribution < 1.29 is 14.3 Å². The molecule has 1 fully saturated rings. The van der Waals surface area contributed by atoms with E-state index in [-0.39, 0.29) is 18.6 Å². The molecule has 1 N–H and O–H groups in total. The van der Waals surface area contributed by atoms with Gasteiger partial charge in [0, 0.05) is 23.3 Å². The molecule has 29 heavy (non-hydrogen) atoms. The van der Waals surface area contributed by atoms with Gasteiger partial charge in [0.1, 0.15) is 0 Å². The van der Waals surface area contributed by atoms with Gasteiger partial charge in [0.2, 0.25) is 0 Å². The Morgan fingerprint density at radius 2 is 1.97 bits per heavy atom. The Balaban J connectivity index is 1.52. The molecule has 0 bridgehead atoms. The van der Waals surface area contributed by atoms with Crippen LogP contribution in [0.5, 0.6) is 0 Å². The lowest BCUT2D eigenvalue weighted by Crippen LogP contribution is -2.21. The van der Waals surface area contributed by atoms with E-state index in [1.54, 1.807) is 12.3 Å². The fourth-order valence-corrected chi connectivity index (χ4v) is 3.22. The van der Waals surface area contributed by atoms with Crippen LogP contribution in [0.3, 0.4) is 0 Å². The number of nitrogens with one attached hydrogen (secondary N) is 1. The standard InChI is InChI=1S/C22H24N4O3/c1-13(2)26-21-18(11-23-26)17(10-19(25-21)15-6-7-15)22(28)29-12-20(27)24-16-8-4-14(3)5-9-16/h4-5,8-11,13,15H,6-7,12H2,1-3H3,(H,24,27). The summed E-state index contributed by atoms with van der Waals surface area (Å²) in [4.78, 5) is 29.7. The third-order valence-corrected chi connectivity index (χ3v) is 4.96. The minimum absolute atomic E-state index is 0.124. The van der Waals surface area contributed by atoms with E-state index in [4.69, 9.17) is 9.72 Å². The summed E-state index contributed by atoms with van der Waals surface area (Å²) in [6, 6.07) is 9.33. The molecule has 0 atom stereocenters. The first-order valence-corrected chi connectivity index (χ1v) is 9.84. The van der Waals surface area contributed by atoms with E-state index in [9.17, 15) is 9.59 Å². The summed E-state index contributed by atoms with van der Waals surface area (Å²) in [5.74, 6) is -0.541. The number of pyridine rings is 1. The van der Waals surface area contributed by atoms with Gasteiger partial charge in [0.25, 0.3) is 5.91 Å². The fraction of sp³-hybridized carbons (Fsp3) is 0.364. The van der Waals surface area contributed by atoms with Crippen LogP contribution in [0.4, 0.5) is 5.69 Å². The Kier molecular flexibility index (Phi) is 5.05. The van der Waals surface area contributed by atoms with Crippen LogP contribution in [0, 0.1) is 6.92 Å². The van der Waals surface area contributed by atoms with Gasteiger partial charge < -0.3 is 10.1 Å². The topological polar surface area (TPSA) is 86.1 Å². The predicted octanol–water partition coefficient (Wildman–Crippen LogP) is 3.99. The van der Waals surface area contributed by atoms with Gasteiger partial charge >= 0.3 is 5.97 Å². The average molecular weight is 392 g/mol. The molecule has 3 aromatic rings. The number of amides is 1. The first-order valence-electron chi connectivity index (χ1n) is 9.84. The second kappa shape index (κ2) is 7.66. The lowest BCUT2D eigenvalue weighted by Gasteiger charge is -2.10. The van der Waals surface area contributed by atoms with Crippen molar-refractivity contribution in [2.75, 3.05) is 11.9 Å². The number of carbonyl (C=O) groups is 2. The minimum Gasteiger partial charge on any atom is -0.452 e. The molecular weight excluding hydrogens is 368 g/mol. The van der Waals surface area contributed by atoms with Gasteiger partial charge in [0.15, 0.2) is 12.3 Å². The number of aryl methyl sites for hydroxylation is 1. The van der Waals surface area contributed by atoms with E-state index in [1.807, 2.05) is 49.7 Å². The maximum atomic E-state index is 12.8. The van der Waals surface area contributed by atoms with Gasteiger partial charge in [-0.2, -0.15) is 5.10 Å².